The van der Waals surface area contributed by atoms with Gasteiger partial charge >= 0.3 is 0 Å². The number of nitrogens with one attached hydrogen (secondary N) is 1. The van der Waals surface area contributed by atoms with Gasteiger partial charge in [0, 0.05) is 24.3 Å². The molecular formula is C18H21N5O. The minimum absolute atomic E-state index is 0.294. The number of rotatable bonds is 4. The smallest absolute Gasteiger partial charge is 0.231 e. The van der Waals surface area contributed by atoms with Crippen LogP contribution in [0.5, 0.6) is 0 Å². The summed E-state index contributed by atoms with van der Waals surface area (Å²) in [6.45, 7) is 4.95. The molecule has 1 N–H and O–H groups in total. The quantitative estimate of drug-likeness (QED) is 0.798. The predicted molar refractivity (Wildman–Crippen MR) is 90.3 cm³/mol. The zero-order valence-electron chi connectivity index (χ0n) is 13.8. The van der Waals surface area contributed by atoms with Crippen molar-refractivity contribution in [3.63, 3.8) is 0 Å². The van der Waals surface area contributed by atoms with Crippen LogP contribution in [0.3, 0.4) is 0 Å². The van der Waals surface area contributed by atoms with Crippen LogP contribution >= 0.6 is 0 Å². The largest absolute Gasteiger partial charge is 0.348 e. The van der Waals surface area contributed by atoms with Crippen LogP contribution in [-0.2, 0) is 6.54 Å². The highest BCUT2D eigenvalue weighted by Crippen LogP contribution is 2.28. The molecule has 0 spiro atoms. The van der Waals surface area contributed by atoms with Gasteiger partial charge in [0.15, 0.2) is 0 Å². The fourth-order valence-electron chi connectivity index (χ4n) is 3.26. The van der Waals surface area contributed by atoms with Crippen molar-refractivity contribution in [2.75, 3.05) is 13.1 Å². The fraction of sp³-hybridized carbons (Fsp3) is 0.389. The van der Waals surface area contributed by atoms with Gasteiger partial charge in [0.2, 0.25) is 11.7 Å². The van der Waals surface area contributed by atoms with Crippen LogP contribution in [0.15, 0.2) is 41.2 Å². The highest BCUT2D eigenvalue weighted by Gasteiger charge is 2.26. The molecule has 124 valence electrons. The van der Waals surface area contributed by atoms with Crippen molar-refractivity contribution < 1.29 is 4.52 Å². The third-order valence-electron chi connectivity index (χ3n) is 4.64. The van der Waals surface area contributed by atoms with Crippen molar-refractivity contribution >= 4 is 0 Å². The molecule has 1 aliphatic heterocycles. The van der Waals surface area contributed by atoms with E-state index in [-0.39, 0.29) is 0 Å². The topological polar surface area (TPSA) is 70.8 Å². The van der Waals surface area contributed by atoms with Crippen LogP contribution in [0.4, 0.5) is 0 Å². The van der Waals surface area contributed by atoms with Gasteiger partial charge in [0.25, 0.3) is 0 Å². The number of likely N-dealkylation sites (tertiary alicyclic amines) is 1. The Morgan fingerprint density at radius 3 is 2.96 bits per heavy atom. The van der Waals surface area contributed by atoms with E-state index in [4.69, 9.17) is 4.52 Å². The Labute approximate surface area is 140 Å². The number of aromatic nitrogens is 4. The second-order valence-electron chi connectivity index (χ2n) is 6.37. The molecule has 3 aromatic rings. The molecule has 24 heavy (non-hydrogen) atoms. The summed E-state index contributed by atoms with van der Waals surface area (Å²) >= 11 is 0. The SMILES string of the molecule is Cc1[nH]cnc1CN1CCC[C@@H](c2nc(-c3ccccc3)no2)C1. The molecule has 0 aliphatic carbocycles. The van der Waals surface area contributed by atoms with Crippen LogP contribution in [-0.4, -0.2) is 38.1 Å². The summed E-state index contributed by atoms with van der Waals surface area (Å²) in [7, 11) is 0. The van der Waals surface area contributed by atoms with Gasteiger partial charge in [0.05, 0.1) is 17.9 Å². The Hall–Kier alpha value is -2.47. The highest BCUT2D eigenvalue weighted by molar-refractivity contribution is 5.53. The standard InChI is InChI=1S/C18H21N5O/c1-13-16(20-12-19-13)11-23-9-5-8-15(10-23)18-21-17(22-24-18)14-6-3-2-4-7-14/h2-4,6-7,12,15H,5,8-11H2,1H3,(H,19,20)/t15-/m1/s1. The molecule has 0 unspecified atom stereocenters. The number of piperidine rings is 1. The van der Waals surface area contributed by atoms with Gasteiger partial charge in [-0.2, -0.15) is 4.98 Å². The third-order valence-corrected chi connectivity index (χ3v) is 4.64. The summed E-state index contributed by atoms with van der Waals surface area (Å²) < 4.78 is 5.56. The minimum Gasteiger partial charge on any atom is -0.348 e. The van der Waals surface area contributed by atoms with E-state index in [1.54, 1.807) is 6.33 Å². The normalized spacial score (nSPS) is 18.8. The molecule has 2 aromatic heterocycles. The van der Waals surface area contributed by atoms with E-state index in [2.05, 4.69) is 31.9 Å². The summed E-state index contributed by atoms with van der Waals surface area (Å²) in [5.74, 6) is 1.71. The Morgan fingerprint density at radius 2 is 2.17 bits per heavy atom. The third kappa shape index (κ3) is 3.10. The molecule has 3 heterocycles. The van der Waals surface area contributed by atoms with Gasteiger partial charge in [-0.05, 0) is 26.3 Å². The lowest BCUT2D eigenvalue weighted by Crippen LogP contribution is -2.34. The van der Waals surface area contributed by atoms with Crippen LogP contribution < -0.4 is 0 Å². The van der Waals surface area contributed by atoms with E-state index in [1.807, 2.05) is 30.3 Å². The summed E-state index contributed by atoms with van der Waals surface area (Å²) in [6, 6.07) is 9.96. The Kier molecular flexibility index (Phi) is 4.13. The van der Waals surface area contributed by atoms with Crippen LogP contribution in [0.25, 0.3) is 11.4 Å². The van der Waals surface area contributed by atoms with Gasteiger partial charge in [-0.1, -0.05) is 35.5 Å². The Balaban J connectivity index is 1.46. The van der Waals surface area contributed by atoms with Gasteiger partial charge in [-0.25, -0.2) is 4.98 Å². The monoisotopic (exact) mass is 323 g/mol. The van der Waals surface area contributed by atoms with Crippen molar-refractivity contribution in [3.8, 4) is 11.4 Å². The first kappa shape index (κ1) is 15.1. The van der Waals surface area contributed by atoms with Crippen molar-refractivity contribution in [2.45, 2.75) is 32.2 Å². The zero-order valence-corrected chi connectivity index (χ0v) is 13.8. The van der Waals surface area contributed by atoms with E-state index >= 15 is 0 Å². The summed E-state index contributed by atoms with van der Waals surface area (Å²) in [5, 5.41) is 4.15. The number of H-pyrrole nitrogens is 1. The van der Waals surface area contributed by atoms with Gasteiger partial charge in [-0.3, -0.25) is 4.90 Å². The first-order chi connectivity index (χ1) is 11.8. The minimum atomic E-state index is 0.294. The molecule has 6 heteroatoms. The van der Waals surface area contributed by atoms with E-state index in [0.29, 0.717) is 11.7 Å². The molecule has 0 amide bonds. The molecule has 1 aromatic carbocycles. The summed E-state index contributed by atoms with van der Waals surface area (Å²) in [5.41, 5.74) is 3.25. The second-order valence-corrected chi connectivity index (χ2v) is 6.37. The van der Waals surface area contributed by atoms with E-state index in [0.717, 1.165) is 55.3 Å². The molecule has 1 fully saturated rings. The molecule has 6 nitrogen and oxygen atoms in total. The maximum absolute atomic E-state index is 5.56. The predicted octanol–water partition coefficient (Wildman–Crippen LogP) is 3.15. The van der Waals surface area contributed by atoms with E-state index in [9.17, 15) is 0 Å². The fourth-order valence-corrected chi connectivity index (χ4v) is 3.26. The van der Waals surface area contributed by atoms with Gasteiger partial charge < -0.3 is 9.51 Å². The average Bonchev–Trinajstić information content (AvgIpc) is 3.26. The summed E-state index contributed by atoms with van der Waals surface area (Å²) in [6.07, 6.45) is 3.99. The van der Waals surface area contributed by atoms with Gasteiger partial charge in [0.1, 0.15) is 0 Å². The molecule has 1 atom stereocenters. The Bertz CT molecular complexity index is 795. The number of benzene rings is 1. The lowest BCUT2D eigenvalue weighted by atomic mass is 9.98. The first-order valence-electron chi connectivity index (χ1n) is 8.40. The lowest BCUT2D eigenvalue weighted by molar-refractivity contribution is 0.178. The number of aryl methyl sites for hydroxylation is 1. The van der Waals surface area contributed by atoms with E-state index in [1.165, 1.54) is 0 Å². The number of aromatic amines is 1. The highest BCUT2D eigenvalue weighted by atomic mass is 16.5. The molecule has 0 radical (unpaired) electrons. The summed E-state index contributed by atoms with van der Waals surface area (Å²) in [4.78, 5) is 14.6. The number of hydrogen-bond acceptors (Lipinski definition) is 5. The van der Waals surface area contributed by atoms with Crippen molar-refractivity contribution in [1.29, 1.82) is 0 Å². The number of hydrogen-bond donors (Lipinski definition) is 1. The number of imidazole rings is 1. The maximum atomic E-state index is 5.56. The maximum Gasteiger partial charge on any atom is 0.231 e. The second kappa shape index (κ2) is 6.57. The van der Waals surface area contributed by atoms with Crippen LogP contribution in [0.2, 0.25) is 0 Å². The van der Waals surface area contributed by atoms with Crippen molar-refractivity contribution in [1.82, 2.24) is 25.0 Å². The molecule has 1 saturated heterocycles. The molecule has 1 aliphatic rings. The lowest BCUT2D eigenvalue weighted by Gasteiger charge is -2.30. The van der Waals surface area contributed by atoms with Crippen LogP contribution in [0, 0.1) is 6.92 Å². The molecule has 4 rings (SSSR count). The van der Waals surface area contributed by atoms with Crippen molar-refractivity contribution in [3.05, 3.63) is 53.9 Å². The van der Waals surface area contributed by atoms with E-state index < -0.39 is 0 Å². The number of nitrogens with zero attached hydrogens (tertiary/aromatic N) is 4. The molecule has 0 bridgehead atoms. The van der Waals surface area contributed by atoms with Crippen molar-refractivity contribution in [2.24, 2.45) is 0 Å². The van der Waals surface area contributed by atoms with Gasteiger partial charge in [-0.15, -0.1) is 0 Å². The molecule has 0 saturated carbocycles. The first-order valence-corrected chi connectivity index (χ1v) is 8.40. The van der Waals surface area contributed by atoms with Crippen LogP contribution in [0.1, 0.15) is 36.0 Å². The Morgan fingerprint density at radius 1 is 1.29 bits per heavy atom. The molecular weight excluding hydrogens is 302 g/mol. The zero-order chi connectivity index (χ0) is 16.4. The average molecular weight is 323 g/mol.